The highest BCUT2D eigenvalue weighted by Gasteiger charge is 2.35. The SMILES string of the molecule is Cc1ccc2occ(C3=C(c4cn(C)c5cc6c(cc45)OCO6)C(=O)NC3=O)c2c1. The highest BCUT2D eigenvalue weighted by atomic mass is 16.7. The van der Waals surface area contributed by atoms with E-state index in [-0.39, 0.29) is 6.79 Å². The number of rotatable bonds is 2. The van der Waals surface area contributed by atoms with Gasteiger partial charge in [-0.05, 0) is 25.1 Å². The average molecular weight is 400 g/mol. The molecule has 0 bridgehead atoms. The number of nitrogens with zero attached hydrogens (tertiary/aromatic N) is 1. The average Bonchev–Trinajstić information content (AvgIpc) is 3.46. The molecule has 0 radical (unpaired) electrons. The second-order valence-electron chi connectivity index (χ2n) is 7.56. The molecule has 0 spiro atoms. The molecule has 0 aliphatic carbocycles. The molecule has 148 valence electrons. The molecule has 1 N–H and O–H groups in total. The number of aryl methyl sites for hydroxylation is 2. The predicted molar refractivity (Wildman–Crippen MR) is 110 cm³/mol. The monoisotopic (exact) mass is 400 g/mol. The van der Waals surface area contributed by atoms with Crippen LogP contribution in [-0.4, -0.2) is 23.2 Å². The van der Waals surface area contributed by atoms with Crippen molar-refractivity contribution in [1.82, 2.24) is 9.88 Å². The molecule has 0 fully saturated rings. The molecule has 30 heavy (non-hydrogen) atoms. The van der Waals surface area contributed by atoms with Crippen molar-refractivity contribution in [3.05, 3.63) is 59.5 Å². The summed E-state index contributed by atoms with van der Waals surface area (Å²) in [5, 5.41) is 4.06. The normalized spacial score (nSPS) is 15.7. The van der Waals surface area contributed by atoms with Crippen molar-refractivity contribution in [2.75, 3.05) is 6.79 Å². The third-order valence-corrected chi connectivity index (χ3v) is 5.68. The third-order valence-electron chi connectivity index (χ3n) is 5.68. The largest absolute Gasteiger partial charge is 0.464 e. The van der Waals surface area contributed by atoms with Crippen LogP contribution in [0.3, 0.4) is 0 Å². The molecule has 7 nitrogen and oxygen atoms in total. The summed E-state index contributed by atoms with van der Waals surface area (Å²) in [5.74, 6) is 0.415. The Kier molecular flexibility index (Phi) is 3.25. The minimum atomic E-state index is -0.433. The van der Waals surface area contributed by atoms with Gasteiger partial charge in [-0.1, -0.05) is 11.6 Å². The Hall–Kier alpha value is -4.00. The first-order valence-corrected chi connectivity index (χ1v) is 9.48. The molecular formula is C23H16N2O5. The van der Waals surface area contributed by atoms with E-state index >= 15 is 0 Å². The molecule has 2 amide bonds. The maximum absolute atomic E-state index is 12.9. The number of carbonyl (C=O) groups is 2. The van der Waals surface area contributed by atoms with Crippen LogP contribution in [0.1, 0.15) is 16.7 Å². The highest BCUT2D eigenvalue weighted by molar-refractivity contribution is 6.50. The quantitative estimate of drug-likeness (QED) is 0.521. The van der Waals surface area contributed by atoms with Crippen LogP contribution in [0.25, 0.3) is 33.0 Å². The van der Waals surface area contributed by atoms with Crippen LogP contribution < -0.4 is 14.8 Å². The van der Waals surface area contributed by atoms with Crippen LogP contribution in [0.4, 0.5) is 0 Å². The Balaban J connectivity index is 1.67. The first kappa shape index (κ1) is 16.9. The molecule has 4 aromatic rings. The minimum Gasteiger partial charge on any atom is -0.464 e. The van der Waals surface area contributed by atoms with E-state index in [0.717, 1.165) is 21.9 Å². The van der Waals surface area contributed by atoms with Gasteiger partial charge in [0, 0.05) is 41.2 Å². The number of amides is 2. The number of aromatic nitrogens is 1. The van der Waals surface area contributed by atoms with E-state index < -0.39 is 11.8 Å². The van der Waals surface area contributed by atoms with Gasteiger partial charge in [-0.15, -0.1) is 0 Å². The molecule has 0 unspecified atom stereocenters. The van der Waals surface area contributed by atoms with Gasteiger partial charge in [0.15, 0.2) is 11.5 Å². The topological polar surface area (TPSA) is 82.7 Å². The molecule has 0 saturated carbocycles. The van der Waals surface area contributed by atoms with Gasteiger partial charge in [-0.3, -0.25) is 14.9 Å². The number of carbonyl (C=O) groups excluding carboxylic acids is 2. The Morgan fingerprint density at radius 3 is 2.47 bits per heavy atom. The first-order valence-electron chi connectivity index (χ1n) is 9.48. The summed E-state index contributed by atoms with van der Waals surface area (Å²) in [6.07, 6.45) is 3.39. The molecular weight excluding hydrogens is 384 g/mol. The summed E-state index contributed by atoms with van der Waals surface area (Å²) >= 11 is 0. The molecule has 0 atom stereocenters. The van der Waals surface area contributed by atoms with E-state index in [2.05, 4.69) is 5.32 Å². The van der Waals surface area contributed by atoms with Gasteiger partial charge in [0.2, 0.25) is 6.79 Å². The number of ether oxygens (including phenoxy) is 2. The number of imide groups is 1. The Bertz CT molecular complexity index is 1450. The third kappa shape index (κ3) is 2.20. The number of nitrogens with one attached hydrogen (secondary N) is 1. The molecule has 2 aliphatic heterocycles. The van der Waals surface area contributed by atoms with E-state index in [4.69, 9.17) is 13.9 Å². The van der Waals surface area contributed by atoms with E-state index in [1.54, 1.807) is 0 Å². The van der Waals surface area contributed by atoms with Gasteiger partial charge in [0.25, 0.3) is 11.8 Å². The molecule has 2 aromatic carbocycles. The molecule has 2 aliphatic rings. The zero-order valence-electron chi connectivity index (χ0n) is 16.2. The minimum absolute atomic E-state index is 0.161. The zero-order chi connectivity index (χ0) is 20.6. The fraction of sp³-hybridized carbons (Fsp3) is 0.130. The van der Waals surface area contributed by atoms with Gasteiger partial charge in [-0.2, -0.15) is 0 Å². The van der Waals surface area contributed by atoms with Crippen molar-refractivity contribution in [2.45, 2.75) is 6.92 Å². The number of furan rings is 1. The van der Waals surface area contributed by atoms with E-state index in [1.165, 1.54) is 6.26 Å². The van der Waals surface area contributed by atoms with Crippen LogP contribution in [0.2, 0.25) is 0 Å². The number of hydrogen-bond donors (Lipinski definition) is 1. The second-order valence-corrected chi connectivity index (χ2v) is 7.56. The summed E-state index contributed by atoms with van der Waals surface area (Å²) in [6.45, 7) is 2.13. The second kappa shape index (κ2) is 5.76. The zero-order valence-corrected chi connectivity index (χ0v) is 16.2. The van der Waals surface area contributed by atoms with Crippen molar-refractivity contribution in [3.8, 4) is 11.5 Å². The van der Waals surface area contributed by atoms with Crippen molar-refractivity contribution >= 4 is 44.8 Å². The summed E-state index contributed by atoms with van der Waals surface area (Å²) in [5.41, 5.74) is 4.48. The smallest absolute Gasteiger partial charge is 0.259 e. The van der Waals surface area contributed by atoms with E-state index in [0.29, 0.717) is 39.4 Å². The number of fused-ring (bicyclic) bond motifs is 3. The Morgan fingerprint density at radius 1 is 0.933 bits per heavy atom. The van der Waals surface area contributed by atoms with Crippen molar-refractivity contribution in [1.29, 1.82) is 0 Å². The summed E-state index contributed by atoms with van der Waals surface area (Å²) in [4.78, 5) is 25.7. The Labute approximate surface area is 170 Å². The molecule has 7 heteroatoms. The molecule has 0 saturated heterocycles. The fourth-order valence-corrected chi connectivity index (χ4v) is 4.28. The molecule has 4 heterocycles. The van der Waals surface area contributed by atoms with Crippen LogP contribution in [-0.2, 0) is 16.6 Å². The predicted octanol–water partition coefficient (Wildman–Crippen LogP) is 3.53. The number of hydrogen-bond acceptors (Lipinski definition) is 5. The van der Waals surface area contributed by atoms with Gasteiger partial charge in [0.1, 0.15) is 5.58 Å². The summed E-state index contributed by atoms with van der Waals surface area (Å²) in [7, 11) is 1.89. The Morgan fingerprint density at radius 2 is 1.67 bits per heavy atom. The number of benzene rings is 2. The lowest BCUT2D eigenvalue weighted by atomic mass is 9.95. The molecule has 6 rings (SSSR count). The van der Waals surface area contributed by atoms with Crippen LogP contribution in [0, 0.1) is 6.92 Å². The van der Waals surface area contributed by atoms with Crippen LogP contribution in [0.5, 0.6) is 11.5 Å². The maximum atomic E-state index is 12.9. The van der Waals surface area contributed by atoms with Crippen LogP contribution in [0.15, 0.2) is 47.2 Å². The lowest BCUT2D eigenvalue weighted by molar-refractivity contribution is -0.122. The van der Waals surface area contributed by atoms with Crippen molar-refractivity contribution in [2.24, 2.45) is 7.05 Å². The summed E-state index contributed by atoms with van der Waals surface area (Å²) in [6, 6.07) is 9.49. The van der Waals surface area contributed by atoms with E-state index in [1.807, 2.05) is 55.1 Å². The lowest BCUT2D eigenvalue weighted by Crippen LogP contribution is -2.22. The van der Waals surface area contributed by atoms with Crippen molar-refractivity contribution < 1.29 is 23.5 Å². The van der Waals surface area contributed by atoms with Gasteiger partial charge < -0.3 is 18.5 Å². The first-order chi connectivity index (χ1) is 14.5. The maximum Gasteiger partial charge on any atom is 0.259 e. The molecule has 2 aromatic heterocycles. The van der Waals surface area contributed by atoms with Crippen molar-refractivity contribution in [3.63, 3.8) is 0 Å². The van der Waals surface area contributed by atoms with Crippen LogP contribution >= 0.6 is 0 Å². The van der Waals surface area contributed by atoms with Gasteiger partial charge in [0.05, 0.1) is 22.9 Å². The highest BCUT2D eigenvalue weighted by Crippen LogP contribution is 2.42. The van der Waals surface area contributed by atoms with Gasteiger partial charge in [-0.25, -0.2) is 0 Å². The lowest BCUT2D eigenvalue weighted by Gasteiger charge is -2.03. The summed E-state index contributed by atoms with van der Waals surface area (Å²) < 4.78 is 18.6. The van der Waals surface area contributed by atoms with Gasteiger partial charge >= 0.3 is 0 Å². The van der Waals surface area contributed by atoms with E-state index in [9.17, 15) is 9.59 Å². The fourth-order valence-electron chi connectivity index (χ4n) is 4.28. The standard InChI is InChI=1S/C23H16N2O5/c1-11-3-4-17-13(5-11)15(9-28-17)21-20(22(26)24-23(21)27)14-8-25(2)16-7-19-18(6-12(14)16)29-10-30-19/h3-9H,10H2,1-2H3,(H,24,26,27).